The third-order valence-electron chi connectivity index (χ3n) is 3.25. The Labute approximate surface area is 147 Å². The molecule has 0 spiro atoms. The van der Waals surface area contributed by atoms with E-state index < -0.39 is 8.80 Å². The molecule has 0 fully saturated rings. The van der Waals surface area contributed by atoms with Crippen molar-refractivity contribution in [2.45, 2.75) is 12.5 Å². The zero-order valence-corrected chi connectivity index (χ0v) is 16.5. The van der Waals surface area contributed by atoms with Crippen LogP contribution in [-0.2, 0) is 37.0 Å². The van der Waals surface area contributed by atoms with Gasteiger partial charge < -0.3 is 37.0 Å². The fourth-order valence-corrected chi connectivity index (χ4v) is 3.54. The summed E-state index contributed by atoms with van der Waals surface area (Å²) in [5, 5.41) is 0. The van der Waals surface area contributed by atoms with E-state index >= 15 is 0 Å². The molecular formula is C15H34O8Si. The van der Waals surface area contributed by atoms with Crippen molar-refractivity contribution in [2.75, 3.05) is 87.9 Å². The summed E-state index contributed by atoms with van der Waals surface area (Å²) in [6.45, 7) is 5.17. The van der Waals surface area contributed by atoms with Crippen LogP contribution in [0, 0.1) is 0 Å². The summed E-state index contributed by atoms with van der Waals surface area (Å²) in [5.41, 5.74) is 0. The first-order valence-electron chi connectivity index (χ1n) is 8.20. The summed E-state index contributed by atoms with van der Waals surface area (Å²) in [4.78, 5) is 0. The molecule has 24 heavy (non-hydrogen) atoms. The van der Waals surface area contributed by atoms with Crippen molar-refractivity contribution in [1.29, 1.82) is 0 Å². The van der Waals surface area contributed by atoms with Crippen LogP contribution in [0.15, 0.2) is 0 Å². The zero-order chi connectivity index (χ0) is 17.9. The van der Waals surface area contributed by atoms with Crippen molar-refractivity contribution < 1.29 is 37.0 Å². The maximum absolute atomic E-state index is 5.50. The first-order valence-corrected chi connectivity index (χ1v) is 10.1. The average Bonchev–Trinajstić information content (AvgIpc) is 2.62. The summed E-state index contributed by atoms with van der Waals surface area (Å²) in [5.74, 6) is 0. The van der Waals surface area contributed by atoms with Gasteiger partial charge in [0, 0.05) is 41.1 Å². The van der Waals surface area contributed by atoms with Crippen LogP contribution in [0.3, 0.4) is 0 Å². The van der Waals surface area contributed by atoms with E-state index in [4.69, 9.17) is 37.0 Å². The molecule has 0 amide bonds. The molecule has 0 N–H and O–H groups in total. The largest absolute Gasteiger partial charge is 0.500 e. The molecule has 0 aromatic heterocycles. The van der Waals surface area contributed by atoms with Crippen LogP contribution in [0.5, 0.6) is 0 Å². The number of rotatable bonds is 19. The molecular weight excluding hydrogens is 336 g/mol. The third kappa shape index (κ3) is 13.2. The van der Waals surface area contributed by atoms with Gasteiger partial charge in [-0.2, -0.15) is 0 Å². The van der Waals surface area contributed by atoms with Crippen molar-refractivity contribution >= 4 is 8.80 Å². The maximum Gasteiger partial charge on any atom is 0.500 e. The molecule has 0 saturated carbocycles. The fourth-order valence-electron chi connectivity index (χ4n) is 1.85. The van der Waals surface area contributed by atoms with E-state index in [1.165, 1.54) is 0 Å². The summed E-state index contributed by atoms with van der Waals surface area (Å²) >= 11 is 0. The second kappa shape index (κ2) is 17.7. The van der Waals surface area contributed by atoms with Gasteiger partial charge in [0.05, 0.1) is 52.9 Å². The van der Waals surface area contributed by atoms with Gasteiger partial charge in [-0.1, -0.05) is 0 Å². The summed E-state index contributed by atoms with van der Waals surface area (Å²) in [6.07, 6.45) is 0.827. The second-order valence-corrected chi connectivity index (χ2v) is 7.93. The SMILES string of the molecule is COCCOCCOCCOCCOCCC[Si](OC)(OC)OC. The Kier molecular flexibility index (Phi) is 17.6. The Hall–Kier alpha value is -0.103. The molecule has 9 heteroatoms. The third-order valence-corrected chi connectivity index (χ3v) is 6.08. The van der Waals surface area contributed by atoms with Crippen LogP contribution in [0.4, 0.5) is 0 Å². The van der Waals surface area contributed by atoms with Crippen molar-refractivity contribution in [3.63, 3.8) is 0 Å². The van der Waals surface area contributed by atoms with Crippen molar-refractivity contribution in [3.05, 3.63) is 0 Å². The Bertz CT molecular complexity index is 245. The topological polar surface area (TPSA) is 73.8 Å². The number of ether oxygens (including phenoxy) is 5. The standard InChI is InChI=1S/C15H34O8Si/c1-16-7-8-21-11-12-23-14-13-22-10-9-20-6-5-15-24(17-2,18-3)19-4/h5-15H2,1-4H3. The summed E-state index contributed by atoms with van der Waals surface area (Å²) in [7, 11) is 4.02. The van der Waals surface area contributed by atoms with Crippen LogP contribution < -0.4 is 0 Å². The lowest BCUT2D eigenvalue weighted by atomic mass is 10.5. The maximum atomic E-state index is 5.50. The van der Waals surface area contributed by atoms with E-state index in [0.29, 0.717) is 59.5 Å². The summed E-state index contributed by atoms with van der Waals surface area (Å²) < 4.78 is 42.4. The normalized spacial score (nSPS) is 12.0. The van der Waals surface area contributed by atoms with Gasteiger partial charge in [-0.15, -0.1) is 0 Å². The molecule has 0 saturated heterocycles. The van der Waals surface area contributed by atoms with Crippen LogP contribution >= 0.6 is 0 Å². The lowest BCUT2D eigenvalue weighted by molar-refractivity contribution is -0.00794. The molecule has 0 bridgehead atoms. The minimum Gasteiger partial charge on any atom is -0.382 e. The molecule has 0 unspecified atom stereocenters. The lowest BCUT2D eigenvalue weighted by Crippen LogP contribution is -2.42. The van der Waals surface area contributed by atoms with Gasteiger partial charge in [0.1, 0.15) is 0 Å². The molecule has 0 aromatic carbocycles. The van der Waals surface area contributed by atoms with Gasteiger partial charge in [0.2, 0.25) is 0 Å². The van der Waals surface area contributed by atoms with Crippen LogP contribution in [0.25, 0.3) is 0 Å². The van der Waals surface area contributed by atoms with Gasteiger partial charge in [-0.3, -0.25) is 0 Å². The monoisotopic (exact) mass is 370 g/mol. The molecule has 8 nitrogen and oxygen atoms in total. The van der Waals surface area contributed by atoms with E-state index in [9.17, 15) is 0 Å². The van der Waals surface area contributed by atoms with E-state index in [2.05, 4.69) is 0 Å². The van der Waals surface area contributed by atoms with Gasteiger partial charge >= 0.3 is 8.80 Å². The highest BCUT2D eigenvalue weighted by Gasteiger charge is 2.36. The Balaban J connectivity index is 3.23. The molecule has 0 aliphatic carbocycles. The van der Waals surface area contributed by atoms with E-state index in [1.54, 1.807) is 28.4 Å². The van der Waals surface area contributed by atoms with Gasteiger partial charge in [-0.05, 0) is 6.42 Å². The van der Waals surface area contributed by atoms with E-state index in [0.717, 1.165) is 12.5 Å². The number of hydrogen-bond acceptors (Lipinski definition) is 8. The minimum absolute atomic E-state index is 0.550. The van der Waals surface area contributed by atoms with Crippen molar-refractivity contribution in [1.82, 2.24) is 0 Å². The second-order valence-electron chi connectivity index (χ2n) is 4.84. The molecule has 0 radical (unpaired) electrons. The molecule has 0 aromatic rings. The smallest absolute Gasteiger partial charge is 0.382 e. The van der Waals surface area contributed by atoms with Gasteiger partial charge in [0.15, 0.2) is 0 Å². The lowest BCUT2D eigenvalue weighted by Gasteiger charge is -2.24. The molecule has 0 heterocycles. The van der Waals surface area contributed by atoms with Crippen LogP contribution in [-0.4, -0.2) is 96.7 Å². The number of hydrogen-bond donors (Lipinski definition) is 0. The first kappa shape index (κ1) is 23.9. The van der Waals surface area contributed by atoms with Crippen molar-refractivity contribution in [2.24, 2.45) is 0 Å². The molecule has 146 valence electrons. The Morgan fingerprint density at radius 1 is 0.500 bits per heavy atom. The zero-order valence-electron chi connectivity index (χ0n) is 15.5. The molecule has 0 rings (SSSR count). The quantitative estimate of drug-likeness (QED) is 0.246. The Morgan fingerprint density at radius 3 is 1.25 bits per heavy atom. The first-order chi connectivity index (χ1) is 11.7. The van der Waals surface area contributed by atoms with E-state index in [1.807, 2.05) is 0 Å². The van der Waals surface area contributed by atoms with E-state index in [-0.39, 0.29) is 0 Å². The predicted molar refractivity (Wildman–Crippen MR) is 91.4 cm³/mol. The number of methoxy groups -OCH3 is 1. The molecule has 0 aliphatic heterocycles. The minimum atomic E-state index is -2.47. The summed E-state index contributed by atoms with van der Waals surface area (Å²) in [6, 6.07) is 0.734. The average molecular weight is 371 g/mol. The Morgan fingerprint density at radius 2 is 0.875 bits per heavy atom. The highest BCUT2D eigenvalue weighted by molar-refractivity contribution is 6.60. The van der Waals surface area contributed by atoms with Crippen LogP contribution in [0.1, 0.15) is 6.42 Å². The van der Waals surface area contributed by atoms with Gasteiger partial charge in [0.25, 0.3) is 0 Å². The highest BCUT2D eigenvalue weighted by Crippen LogP contribution is 2.14. The van der Waals surface area contributed by atoms with Crippen molar-refractivity contribution in [3.8, 4) is 0 Å². The predicted octanol–water partition coefficient (Wildman–Crippen LogP) is 0.967. The molecule has 0 atom stereocenters. The van der Waals surface area contributed by atoms with Gasteiger partial charge in [-0.25, -0.2) is 0 Å². The highest BCUT2D eigenvalue weighted by atomic mass is 28.4. The fraction of sp³-hybridized carbons (Fsp3) is 1.00. The molecule has 0 aliphatic rings. The van der Waals surface area contributed by atoms with Crippen LogP contribution in [0.2, 0.25) is 6.04 Å².